The summed E-state index contributed by atoms with van der Waals surface area (Å²) in [5.74, 6) is 0. The van der Waals surface area contributed by atoms with Gasteiger partial charge in [-0.3, -0.25) is 4.90 Å². The van der Waals surface area contributed by atoms with E-state index in [1.807, 2.05) is 17.4 Å². The van der Waals surface area contributed by atoms with Crippen LogP contribution in [0.1, 0.15) is 17.7 Å². The van der Waals surface area contributed by atoms with E-state index in [1.54, 1.807) is 0 Å². The van der Waals surface area contributed by atoms with Crippen molar-refractivity contribution < 1.29 is 8.42 Å². The summed E-state index contributed by atoms with van der Waals surface area (Å²) in [7, 11) is -3.09. The topological polar surface area (TPSA) is 49.4 Å². The zero-order valence-electron chi connectivity index (χ0n) is 13.2. The molecular weight excluding hydrogens is 328 g/mol. The van der Waals surface area contributed by atoms with Crippen molar-refractivity contribution in [3.63, 3.8) is 0 Å². The summed E-state index contributed by atoms with van der Waals surface area (Å²) in [5.41, 5.74) is 1.26. The third-order valence-electron chi connectivity index (χ3n) is 4.07. The molecule has 1 N–H and O–H groups in total. The highest BCUT2D eigenvalue weighted by Crippen LogP contribution is 2.29. The molecule has 0 radical (unpaired) electrons. The maximum atomic E-state index is 11.3. The lowest BCUT2D eigenvalue weighted by Gasteiger charge is -2.31. The normalized spacial score (nSPS) is 17.4. The highest BCUT2D eigenvalue weighted by atomic mass is 32.2. The molecule has 23 heavy (non-hydrogen) atoms. The predicted molar refractivity (Wildman–Crippen MR) is 96.0 cm³/mol. The van der Waals surface area contributed by atoms with Crippen LogP contribution in [0.25, 0.3) is 10.4 Å². The first kappa shape index (κ1) is 16.6. The smallest absolute Gasteiger partial charge is 0.208 e. The van der Waals surface area contributed by atoms with Gasteiger partial charge >= 0.3 is 0 Å². The molecule has 0 unspecified atom stereocenters. The Balaban J connectivity index is 1.54. The first-order valence-corrected chi connectivity index (χ1v) is 10.5. The van der Waals surface area contributed by atoms with Crippen LogP contribution in [-0.2, 0) is 16.6 Å². The predicted octanol–water partition coefficient (Wildman–Crippen LogP) is 2.93. The molecule has 2 aromatic rings. The third kappa shape index (κ3) is 4.88. The lowest BCUT2D eigenvalue weighted by atomic mass is 10.1. The molecule has 0 atom stereocenters. The molecule has 4 nitrogen and oxygen atoms in total. The van der Waals surface area contributed by atoms with Crippen LogP contribution in [0.3, 0.4) is 0 Å². The van der Waals surface area contributed by atoms with Crippen molar-refractivity contribution in [3.8, 4) is 10.4 Å². The number of piperidine rings is 1. The first-order chi connectivity index (χ1) is 11.0. The minimum Gasteiger partial charge on any atom is -0.298 e. The van der Waals surface area contributed by atoms with Crippen molar-refractivity contribution in [2.75, 3.05) is 19.3 Å². The molecule has 3 rings (SSSR count). The van der Waals surface area contributed by atoms with E-state index in [0.29, 0.717) is 0 Å². The second kappa shape index (κ2) is 7.13. The molecule has 6 heteroatoms. The molecule has 1 aromatic carbocycles. The molecule has 0 amide bonds. The standard InChI is InChI=1S/C17H22N2O2S2/c1-23(20,21)18-15-9-11-19(12-10-15)13-16-7-8-17(22-16)14-5-3-2-4-6-14/h2-8,15,18H,9-13H2,1H3. The third-order valence-corrected chi connectivity index (χ3v) is 5.95. The van der Waals surface area contributed by atoms with Gasteiger partial charge in [0.2, 0.25) is 10.0 Å². The van der Waals surface area contributed by atoms with Gasteiger partial charge in [0.15, 0.2) is 0 Å². The zero-order valence-corrected chi connectivity index (χ0v) is 14.9. The van der Waals surface area contributed by atoms with Crippen molar-refractivity contribution in [1.29, 1.82) is 0 Å². The summed E-state index contributed by atoms with van der Waals surface area (Å²) in [5, 5.41) is 0. The number of thiophene rings is 1. The zero-order chi connectivity index (χ0) is 16.3. The van der Waals surface area contributed by atoms with E-state index in [1.165, 1.54) is 21.6 Å². The Morgan fingerprint density at radius 3 is 2.48 bits per heavy atom. The second-order valence-electron chi connectivity index (χ2n) is 6.07. The van der Waals surface area contributed by atoms with Crippen LogP contribution in [0.15, 0.2) is 42.5 Å². The molecule has 0 aliphatic carbocycles. The van der Waals surface area contributed by atoms with Crippen LogP contribution in [0.4, 0.5) is 0 Å². The molecule has 1 saturated heterocycles. The number of nitrogens with zero attached hydrogens (tertiary/aromatic N) is 1. The number of hydrogen-bond donors (Lipinski definition) is 1. The van der Waals surface area contributed by atoms with Crippen LogP contribution in [-0.4, -0.2) is 38.7 Å². The van der Waals surface area contributed by atoms with Crippen LogP contribution >= 0.6 is 11.3 Å². The number of sulfonamides is 1. The van der Waals surface area contributed by atoms with Gasteiger partial charge in [-0.15, -0.1) is 11.3 Å². The van der Waals surface area contributed by atoms with Crippen molar-refractivity contribution in [3.05, 3.63) is 47.3 Å². The Hall–Kier alpha value is -1.21. The van der Waals surface area contributed by atoms with Crippen LogP contribution in [0.5, 0.6) is 0 Å². The highest BCUT2D eigenvalue weighted by Gasteiger charge is 2.21. The fourth-order valence-electron chi connectivity index (χ4n) is 2.95. The number of rotatable bonds is 5. The summed E-state index contributed by atoms with van der Waals surface area (Å²) in [4.78, 5) is 5.06. The van der Waals surface area contributed by atoms with Gasteiger partial charge in [0.25, 0.3) is 0 Å². The Morgan fingerprint density at radius 1 is 1.13 bits per heavy atom. The van der Waals surface area contributed by atoms with Crippen molar-refractivity contribution in [1.82, 2.24) is 9.62 Å². The quantitative estimate of drug-likeness (QED) is 0.902. The van der Waals surface area contributed by atoms with E-state index in [9.17, 15) is 8.42 Å². The summed E-state index contributed by atoms with van der Waals surface area (Å²) < 4.78 is 25.3. The maximum Gasteiger partial charge on any atom is 0.208 e. The highest BCUT2D eigenvalue weighted by molar-refractivity contribution is 7.88. The van der Waals surface area contributed by atoms with Crippen molar-refractivity contribution >= 4 is 21.4 Å². The van der Waals surface area contributed by atoms with E-state index in [-0.39, 0.29) is 6.04 Å². The minimum atomic E-state index is -3.09. The Bertz CT molecular complexity index is 733. The molecule has 2 heterocycles. The number of nitrogens with one attached hydrogen (secondary N) is 1. The SMILES string of the molecule is CS(=O)(=O)NC1CCN(Cc2ccc(-c3ccccc3)s2)CC1. The minimum absolute atomic E-state index is 0.0875. The number of likely N-dealkylation sites (tertiary alicyclic amines) is 1. The van der Waals surface area contributed by atoms with Gasteiger partial charge in [0, 0.05) is 35.4 Å². The van der Waals surface area contributed by atoms with Crippen LogP contribution < -0.4 is 4.72 Å². The second-order valence-corrected chi connectivity index (χ2v) is 9.02. The molecule has 1 aromatic heterocycles. The molecule has 0 saturated carbocycles. The van der Waals surface area contributed by atoms with Crippen LogP contribution in [0, 0.1) is 0 Å². The van der Waals surface area contributed by atoms with Gasteiger partial charge in [-0.1, -0.05) is 30.3 Å². The van der Waals surface area contributed by atoms with Crippen molar-refractivity contribution in [2.24, 2.45) is 0 Å². The van der Waals surface area contributed by atoms with Crippen LogP contribution in [0.2, 0.25) is 0 Å². The summed E-state index contributed by atoms with van der Waals surface area (Å²) in [6.45, 7) is 2.82. The Kier molecular flexibility index (Phi) is 5.16. The summed E-state index contributed by atoms with van der Waals surface area (Å²) in [6, 6.07) is 14.9. The fourth-order valence-corrected chi connectivity index (χ4v) is 4.85. The summed E-state index contributed by atoms with van der Waals surface area (Å²) in [6.07, 6.45) is 2.99. The van der Waals surface area contributed by atoms with Gasteiger partial charge in [0.05, 0.1) is 6.26 Å². The monoisotopic (exact) mass is 350 g/mol. The van der Waals surface area contributed by atoms with E-state index in [4.69, 9.17) is 0 Å². The molecule has 1 aliphatic heterocycles. The molecule has 1 fully saturated rings. The molecule has 0 bridgehead atoms. The number of benzene rings is 1. The maximum absolute atomic E-state index is 11.3. The van der Waals surface area contributed by atoms with Crippen molar-refractivity contribution in [2.45, 2.75) is 25.4 Å². The van der Waals surface area contributed by atoms with Gasteiger partial charge in [-0.05, 0) is 30.5 Å². The lowest BCUT2D eigenvalue weighted by Crippen LogP contribution is -2.43. The Labute approximate surface area is 142 Å². The van der Waals surface area contributed by atoms with Gasteiger partial charge < -0.3 is 0 Å². The summed E-state index contributed by atoms with van der Waals surface area (Å²) >= 11 is 1.84. The largest absolute Gasteiger partial charge is 0.298 e. The first-order valence-electron chi connectivity index (χ1n) is 7.83. The average molecular weight is 351 g/mol. The average Bonchev–Trinajstić information content (AvgIpc) is 2.97. The molecule has 1 aliphatic rings. The molecule has 0 spiro atoms. The number of hydrogen-bond acceptors (Lipinski definition) is 4. The van der Waals surface area contributed by atoms with Gasteiger partial charge in [-0.2, -0.15) is 0 Å². The fraction of sp³-hybridized carbons (Fsp3) is 0.412. The van der Waals surface area contributed by atoms with E-state index >= 15 is 0 Å². The van der Waals surface area contributed by atoms with E-state index in [0.717, 1.165) is 32.5 Å². The molecular formula is C17H22N2O2S2. The lowest BCUT2D eigenvalue weighted by molar-refractivity contribution is 0.201. The van der Waals surface area contributed by atoms with E-state index < -0.39 is 10.0 Å². The van der Waals surface area contributed by atoms with Gasteiger partial charge in [0.1, 0.15) is 0 Å². The van der Waals surface area contributed by atoms with E-state index in [2.05, 4.69) is 46.0 Å². The molecule has 124 valence electrons. The Morgan fingerprint density at radius 2 is 1.83 bits per heavy atom. The van der Waals surface area contributed by atoms with Gasteiger partial charge in [-0.25, -0.2) is 13.1 Å².